The summed E-state index contributed by atoms with van der Waals surface area (Å²) >= 11 is 6.95. The first kappa shape index (κ1) is 23.0. The first-order chi connectivity index (χ1) is 15.7. The van der Waals surface area contributed by atoms with Crippen molar-refractivity contribution >= 4 is 43.8 Å². The molecule has 3 fully saturated rings. The molecule has 2 aliphatic heterocycles. The standard InChI is InChI=1S/C25H24Br2O6/c1-23(2)32-21(28)25(22(29)33-23)19(15-3-7-17(26)8-4-15)13-24(30-11-12-31-24)14-20(25)16-5-9-18(27)10-6-16/h3-10,19-20H,11-14H2,1-2H3/t19-,20+. The number of halogens is 2. The van der Waals surface area contributed by atoms with Gasteiger partial charge in [-0.05, 0) is 35.4 Å². The second-order valence-corrected chi connectivity index (χ2v) is 11.1. The topological polar surface area (TPSA) is 71.1 Å². The Morgan fingerprint density at radius 3 is 1.52 bits per heavy atom. The molecule has 1 saturated carbocycles. The first-order valence-electron chi connectivity index (χ1n) is 10.9. The Hall–Kier alpha value is -1.74. The van der Waals surface area contributed by atoms with Crippen LogP contribution in [0.3, 0.4) is 0 Å². The van der Waals surface area contributed by atoms with E-state index < -0.39 is 40.8 Å². The molecule has 33 heavy (non-hydrogen) atoms. The lowest BCUT2D eigenvalue weighted by atomic mass is 9.54. The number of carbonyl (C=O) groups excluding carboxylic acids is 2. The van der Waals surface area contributed by atoms with Crippen LogP contribution >= 0.6 is 31.9 Å². The number of ether oxygens (including phenoxy) is 4. The molecule has 3 aliphatic rings. The van der Waals surface area contributed by atoms with Crippen LogP contribution in [-0.4, -0.2) is 36.7 Å². The summed E-state index contributed by atoms with van der Waals surface area (Å²) in [5, 5.41) is 0. The van der Waals surface area contributed by atoms with E-state index >= 15 is 0 Å². The SMILES string of the molecule is CC1(C)OC(=O)C2(C(=O)O1)[C@@H](c1ccc(Br)cc1)CC1(C[C@H]2c2ccc(Br)cc2)OCCO1. The van der Waals surface area contributed by atoms with Gasteiger partial charge in [0.25, 0.3) is 5.79 Å². The third-order valence-electron chi connectivity index (χ3n) is 6.84. The molecule has 0 bridgehead atoms. The van der Waals surface area contributed by atoms with Gasteiger partial charge in [-0.2, -0.15) is 0 Å². The fraction of sp³-hybridized carbons (Fsp3) is 0.440. The average molecular weight is 580 g/mol. The van der Waals surface area contributed by atoms with Gasteiger partial charge in [0.05, 0.1) is 13.2 Å². The maximum absolute atomic E-state index is 13.9. The average Bonchev–Trinajstić information content (AvgIpc) is 3.20. The number of hydrogen-bond acceptors (Lipinski definition) is 6. The highest BCUT2D eigenvalue weighted by Gasteiger charge is 2.70. The van der Waals surface area contributed by atoms with E-state index in [2.05, 4.69) is 31.9 Å². The van der Waals surface area contributed by atoms with E-state index in [1.807, 2.05) is 48.5 Å². The van der Waals surface area contributed by atoms with Crippen molar-refractivity contribution in [1.29, 1.82) is 0 Å². The number of benzene rings is 2. The van der Waals surface area contributed by atoms with E-state index in [1.54, 1.807) is 13.8 Å². The minimum absolute atomic E-state index is 0.340. The fourth-order valence-electron chi connectivity index (χ4n) is 5.44. The van der Waals surface area contributed by atoms with Crippen LogP contribution in [-0.2, 0) is 28.5 Å². The van der Waals surface area contributed by atoms with E-state index in [4.69, 9.17) is 18.9 Å². The van der Waals surface area contributed by atoms with Crippen molar-refractivity contribution < 1.29 is 28.5 Å². The molecule has 0 aromatic heterocycles. The maximum atomic E-state index is 13.9. The lowest BCUT2D eigenvalue weighted by Crippen LogP contribution is -2.63. The molecule has 2 aromatic carbocycles. The smallest absolute Gasteiger partial charge is 0.328 e. The van der Waals surface area contributed by atoms with E-state index in [0.29, 0.717) is 26.1 Å². The predicted octanol–water partition coefficient (Wildman–Crippen LogP) is 5.44. The van der Waals surface area contributed by atoms with Crippen molar-refractivity contribution in [2.45, 2.75) is 50.1 Å². The fourth-order valence-corrected chi connectivity index (χ4v) is 5.97. The normalized spacial score (nSPS) is 27.4. The highest BCUT2D eigenvalue weighted by Crippen LogP contribution is 2.62. The van der Waals surface area contributed by atoms with Gasteiger partial charge in [0.15, 0.2) is 11.2 Å². The Morgan fingerprint density at radius 1 is 0.727 bits per heavy atom. The summed E-state index contributed by atoms with van der Waals surface area (Å²) in [6, 6.07) is 15.3. The molecular formula is C25H24Br2O6. The Balaban J connectivity index is 1.73. The number of hydrogen-bond donors (Lipinski definition) is 0. The molecule has 174 valence electrons. The lowest BCUT2D eigenvalue weighted by Gasteiger charge is -2.53. The van der Waals surface area contributed by atoms with Gasteiger partial charge < -0.3 is 18.9 Å². The van der Waals surface area contributed by atoms with Crippen LogP contribution < -0.4 is 0 Å². The third-order valence-corrected chi connectivity index (χ3v) is 7.90. The number of rotatable bonds is 2. The first-order valence-corrected chi connectivity index (χ1v) is 12.5. The molecule has 2 saturated heterocycles. The van der Waals surface area contributed by atoms with E-state index in [1.165, 1.54) is 0 Å². The second kappa shape index (κ2) is 8.18. The molecule has 1 aliphatic carbocycles. The van der Waals surface area contributed by atoms with Crippen molar-refractivity contribution in [3.05, 3.63) is 68.6 Å². The summed E-state index contributed by atoms with van der Waals surface area (Å²) in [4.78, 5) is 27.8. The van der Waals surface area contributed by atoms with Gasteiger partial charge in [-0.15, -0.1) is 0 Å². The summed E-state index contributed by atoms with van der Waals surface area (Å²) < 4.78 is 25.6. The highest BCUT2D eigenvalue weighted by molar-refractivity contribution is 9.10. The van der Waals surface area contributed by atoms with Gasteiger partial charge in [-0.25, -0.2) is 0 Å². The van der Waals surface area contributed by atoms with Gasteiger partial charge in [0, 0.05) is 47.5 Å². The molecule has 8 heteroatoms. The largest absolute Gasteiger partial charge is 0.422 e. The zero-order valence-corrected chi connectivity index (χ0v) is 21.5. The molecule has 2 atom stereocenters. The van der Waals surface area contributed by atoms with Gasteiger partial charge >= 0.3 is 11.9 Å². The van der Waals surface area contributed by atoms with Crippen LogP contribution in [0.2, 0.25) is 0 Å². The third kappa shape index (κ3) is 3.85. The Bertz CT molecular complexity index is 994. The van der Waals surface area contributed by atoms with Crippen LogP contribution in [0.4, 0.5) is 0 Å². The van der Waals surface area contributed by atoms with Crippen molar-refractivity contribution in [3.8, 4) is 0 Å². The molecule has 2 aromatic rings. The van der Waals surface area contributed by atoms with Crippen LogP contribution in [0, 0.1) is 5.41 Å². The molecule has 2 spiro atoms. The Morgan fingerprint density at radius 2 is 1.12 bits per heavy atom. The zero-order valence-electron chi connectivity index (χ0n) is 18.3. The molecule has 0 N–H and O–H groups in total. The van der Waals surface area contributed by atoms with Crippen molar-refractivity contribution in [1.82, 2.24) is 0 Å². The molecular weight excluding hydrogens is 556 g/mol. The molecule has 0 radical (unpaired) electrons. The zero-order chi connectivity index (χ0) is 23.4. The quantitative estimate of drug-likeness (QED) is 0.349. The highest BCUT2D eigenvalue weighted by atomic mass is 79.9. The minimum Gasteiger partial charge on any atom is -0.422 e. The number of esters is 2. The van der Waals surface area contributed by atoms with Gasteiger partial charge in [-0.3, -0.25) is 9.59 Å². The summed E-state index contributed by atoms with van der Waals surface area (Å²) in [6.45, 7) is 4.09. The van der Waals surface area contributed by atoms with Crippen molar-refractivity contribution in [2.24, 2.45) is 5.41 Å². The Kier molecular flexibility index (Phi) is 5.71. The predicted molar refractivity (Wildman–Crippen MR) is 126 cm³/mol. The minimum atomic E-state index is -1.57. The van der Waals surface area contributed by atoms with Crippen LogP contribution in [0.25, 0.3) is 0 Å². The van der Waals surface area contributed by atoms with E-state index in [-0.39, 0.29) is 0 Å². The van der Waals surface area contributed by atoms with Gasteiger partial charge in [-0.1, -0.05) is 56.1 Å². The molecule has 2 heterocycles. The number of carbonyl (C=O) groups is 2. The van der Waals surface area contributed by atoms with Crippen LogP contribution in [0.5, 0.6) is 0 Å². The molecule has 0 unspecified atom stereocenters. The lowest BCUT2D eigenvalue weighted by molar-refractivity contribution is -0.268. The molecule has 6 nitrogen and oxygen atoms in total. The van der Waals surface area contributed by atoms with Gasteiger partial charge in [0.2, 0.25) is 0 Å². The Labute approximate surface area is 209 Å². The van der Waals surface area contributed by atoms with E-state index in [9.17, 15) is 9.59 Å². The summed E-state index contributed by atoms with van der Waals surface area (Å²) in [5.41, 5.74) is 0.0803. The summed E-state index contributed by atoms with van der Waals surface area (Å²) in [7, 11) is 0. The summed E-state index contributed by atoms with van der Waals surface area (Å²) in [6.07, 6.45) is 0.679. The molecule has 0 amide bonds. The van der Waals surface area contributed by atoms with Crippen molar-refractivity contribution in [2.75, 3.05) is 13.2 Å². The van der Waals surface area contributed by atoms with Gasteiger partial charge in [0.1, 0.15) is 0 Å². The molecule has 5 rings (SSSR count). The monoisotopic (exact) mass is 578 g/mol. The second-order valence-electron chi connectivity index (χ2n) is 9.27. The van der Waals surface area contributed by atoms with Crippen molar-refractivity contribution in [3.63, 3.8) is 0 Å². The summed E-state index contributed by atoms with van der Waals surface area (Å²) in [5.74, 6) is -4.50. The number of cyclic esters (lactones) is 2. The van der Waals surface area contributed by atoms with E-state index in [0.717, 1.165) is 20.1 Å². The maximum Gasteiger partial charge on any atom is 0.328 e. The van der Waals surface area contributed by atoms with Crippen LogP contribution in [0.1, 0.15) is 49.7 Å². The van der Waals surface area contributed by atoms with Crippen LogP contribution in [0.15, 0.2) is 57.5 Å².